The Kier molecular flexibility index (Phi) is 5.46. The second-order valence-electron chi connectivity index (χ2n) is 6.49. The third-order valence-corrected chi connectivity index (χ3v) is 7.73. The molecule has 0 amide bonds. The van der Waals surface area contributed by atoms with Crippen LogP contribution in [0, 0.1) is 0 Å². The number of aromatic nitrogens is 1. The Morgan fingerprint density at radius 3 is 2.68 bits per heavy atom. The van der Waals surface area contributed by atoms with Crippen LogP contribution in [0.5, 0.6) is 10.9 Å². The fourth-order valence-corrected chi connectivity index (χ4v) is 5.81. The predicted molar refractivity (Wildman–Crippen MR) is 110 cm³/mol. The predicted octanol–water partition coefficient (Wildman–Crippen LogP) is 4.19. The van der Waals surface area contributed by atoms with Crippen molar-refractivity contribution in [2.24, 2.45) is 0 Å². The third-order valence-electron chi connectivity index (χ3n) is 4.68. The minimum absolute atomic E-state index is 0.0618. The summed E-state index contributed by atoms with van der Waals surface area (Å²) in [7, 11) is -1.92. The number of halogens is 1. The number of methoxy groups -OCH3 is 1. The van der Waals surface area contributed by atoms with Gasteiger partial charge in [-0.05, 0) is 43.2 Å². The molecule has 6 nitrogen and oxygen atoms in total. The summed E-state index contributed by atoms with van der Waals surface area (Å²) in [5.41, 5.74) is 0.834. The molecule has 2 aromatic carbocycles. The number of piperidine rings is 1. The van der Waals surface area contributed by atoms with Crippen molar-refractivity contribution in [2.45, 2.75) is 23.8 Å². The average Bonchev–Trinajstić information content (AvgIpc) is 3.09. The van der Waals surface area contributed by atoms with Crippen molar-refractivity contribution < 1.29 is 17.9 Å². The Bertz CT molecular complexity index is 1090. The summed E-state index contributed by atoms with van der Waals surface area (Å²) in [5.74, 6) is 0.754. The molecule has 148 valence electrons. The van der Waals surface area contributed by atoms with E-state index < -0.39 is 10.0 Å². The van der Waals surface area contributed by atoms with E-state index in [-0.39, 0.29) is 11.0 Å². The van der Waals surface area contributed by atoms with Crippen LogP contribution < -0.4 is 9.47 Å². The van der Waals surface area contributed by atoms with Gasteiger partial charge in [0.05, 0.1) is 22.2 Å². The number of nitrogens with zero attached hydrogens (tertiary/aromatic N) is 2. The van der Waals surface area contributed by atoms with Gasteiger partial charge in [-0.15, -0.1) is 0 Å². The minimum atomic E-state index is -3.54. The number of sulfonamides is 1. The van der Waals surface area contributed by atoms with E-state index >= 15 is 0 Å². The first-order valence-electron chi connectivity index (χ1n) is 8.83. The Balaban J connectivity index is 1.41. The van der Waals surface area contributed by atoms with Gasteiger partial charge < -0.3 is 9.47 Å². The normalized spacial score (nSPS) is 16.4. The second-order valence-corrected chi connectivity index (χ2v) is 9.86. The second kappa shape index (κ2) is 7.87. The van der Waals surface area contributed by atoms with E-state index in [4.69, 9.17) is 21.1 Å². The lowest BCUT2D eigenvalue weighted by Gasteiger charge is -2.30. The summed E-state index contributed by atoms with van der Waals surface area (Å²) in [6.07, 6.45) is 1.16. The molecule has 1 aromatic heterocycles. The summed E-state index contributed by atoms with van der Waals surface area (Å²) in [6, 6.07) is 12.1. The van der Waals surface area contributed by atoms with Gasteiger partial charge in [0.2, 0.25) is 10.0 Å². The monoisotopic (exact) mass is 438 g/mol. The van der Waals surface area contributed by atoms with E-state index in [9.17, 15) is 8.42 Å². The molecule has 0 unspecified atom stereocenters. The highest BCUT2D eigenvalue weighted by Gasteiger charge is 2.30. The zero-order chi connectivity index (χ0) is 19.7. The van der Waals surface area contributed by atoms with Gasteiger partial charge in [-0.3, -0.25) is 0 Å². The van der Waals surface area contributed by atoms with Gasteiger partial charge >= 0.3 is 0 Å². The number of benzene rings is 2. The van der Waals surface area contributed by atoms with Crippen molar-refractivity contribution in [3.63, 3.8) is 0 Å². The number of ether oxygens (including phenoxy) is 2. The molecular formula is C19H19ClN2O4S2. The first kappa shape index (κ1) is 19.4. The van der Waals surface area contributed by atoms with Gasteiger partial charge in [-0.2, -0.15) is 4.31 Å². The molecule has 0 N–H and O–H groups in total. The molecule has 28 heavy (non-hydrogen) atoms. The highest BCUT2D eigenvalue weighted by atomic mass is 35.5. The molecule has 0 atom stereocenters. The molecule has 1 aliphatic heterocycles. The molecule has 1 aliphatic rings. The summed E-state index contributed by atoms with van der Waals surface area (Å²) >= 11 is 7.42. The summed E-state index contributed by atoms with van der Waals surface area (Å²) < 4.78 is 39.3. The van der Waals surface area contributed by atoms with E-state index in [0.717, 1.165) is 16.0 Å². The van der Waals surface area contributed by atoms with Crippen LogP contribution >= 0.6 is 22.9 Å². The van der Waals surface area contributed by atoms with Gasteiger partial charge in [-0.1, -0.05) is 29.0 Å². The van der Waals surface area contributed by atoms with E-state index in [1.807, 2.05) is 18.2 Å². The van der Waals surface area contributed by atoms with Crippen molar-refractivity contribution in [3.8, 4) is 10.9 Å². The lowest BCUT2D eigenvalue weighted by atomic mass is 10.1. The number of fused-ring (bicyclic) bond motifs is 1. The summed E-state index contributed by atoms with van der Waals surface area (Å²) in [4.78, 5) is 4.73. The van der Waals surface area contributed by atoms with Crippen LogP contribution in [0.3, 0.4) is 0 Å². The minimum Gasteiger partial charge on any atom is -0.497 e. The summed E-state index contributed by atoms with van der Waals surface area (Å²) in [5, 5.41) is 1.01. The third kappa shape index (κ3) is 3.96. The molecule has 0 spiro atoms. The molecule has 0 bridgehead atoms. The molecule has 2 heterocycles. The van der Waals surface area contributed by atoms with Gasteiger partial charge in [0, 0.05) is 24.2 Å². The molecular weight excluding hydrogens is 420 g/mol. The maximum atomic E-state index is 12.8. The first-order valence-corrected chi connectivity index (χ1v) is 11.5. The number of rotatable bonds is 5. The van der Waals surface area contributed by atoms with Crippen LogP contribution in [0.4, 0.5) is 0 Å². The van der Waals surface area contributed by atoms with Crippen LogP contribution in [0.2, 0.25) is 5.02 Å². The molecule has 1 fully saturated rings. The number of hydrogen-bond donors (Lipinski definition) is 0. The van der Waals surface area contributed by atoms with Crippen molar-refractivity contribution in [2.75, 3.05) is 20.2 Å². The molecule has 0 saturated carbocycles. The fourth-order valence-electron chi connectivity index (χ4n) is 3.17. The Labute approximate surface area is 172 Å². The maximum absolute atomic E-state index is 12.8. The molecule has 0 aliphatic carbocycles. The van der Waals surface area contributed by atoms with Crippen LogP contribution in [0.1, 0.15) is 12.8 Å². The highest BCUT2D eigenvalue weighted by molar-refractivity contribution is 7.89. The SMILES string of the molecule is COc1ccc2sc(OC3CCN(S(=O)(=O)c4cccc(Cl)c4)CC3)nc2c1. The number of thiazole rings is 1. The highest BCUT2D eigenvalue weighted by Crippen LogP contribution is 2.32. The Hall–Kier alpha value is -1.87. The van der Waals surface area contributed by atoms with Crippen LogP contribution in [0.15, 0.2) is 47.4 Å². The van der Waals surface area contributed by atoms with Gasteiger partial charge in [0.1, 0.15) is 11.9 Å². The zero-order valence-electron chi connectivity index (χ0n) is 15.2. The first-order chi connectivity index (χ1) is 13.5. The molecule has 4 rings (SSSR count). The molecule has 3 aromatic rings. The van der Waals surface area contributed by atoms with E-state index in [1.165, 1.54) is 21.7 Å². The lowest BCUT2D eigenvalue weighted by molar-refractivity contribution is 0.135. The van der Waals surface area contributed by atoms with Gasteiger partial charge in [0.15, 0.2) is 0 Å². The Morgan fingerprint density at radius 1 is 1.18 bits per heavy atom. The smallest absolute Gasteiger partial charge is 0.274 e. The average molecular weight is 439 g/mol. The fraction of sp³-hybridized carbons (Fsp3) is 0.316. The maximum Gasteiger partial charge on any atom is 0.274 e. The molecule has 0 radical (unpaired) electrons. The topological polar surface area (TPSA) is 68.7 Å². The van der Waals surface area contributed by atoms with Crippen molar-refractivity contribution in [1.82, 2.24) is 9.29 Å². The Morgan fingerprint density at radius 2 is 1.96 bits per heavy atom. The standard InChI is InChI=1S/C19H19ClN2O4S2/c1-25-15-5-6-18-17(12-15)21-19(27-18)26-14-7-9-22(10-8-14)28(23,24)16-4-2-3-13(20)11-16/h2-6,11-12,14H,7-10H2,1H3. The summed E-state index contributed by atoms with van der Waals surface area (Å²) in [6.45, 7) is 0.802. The van der Waals surface area contributed by atoms with E-state index in [0.29, 0.717) is 36.1 Å². The largest absolute Gasteiger partial charge is 0.497 e. The van der Waals surface area contributed by atoms with Crippen molar-refractivity contribution in [3.05, 3.63) is 47.5 Å². The van der Waals surface area contributed by atoms with Crippen molar-refractivity contribution in [1.29, 1.82) is 0 Å². The van der Waals surface area contributed by atoms with Gasteiger partial charge in [-0.25, -0.2) is 13.4 Å². The van der Waals surface area contributed by atoms with Crippen LogP contribution in [0.25, 0.3) is 10.2 Å². The zero-order valence-corrected chi connectivity index (χ0v) is 17.6. The molecule has 1 saturated heterocycles. The van der Waals surface area contributed by atoms with Crippen LogP contribution in [-0.2, 0) is 10.0 Å². The van der Waals surface area contributed by atoms with E-state index in [2.05, 4.69) is 4.98 Å². The lowest BCUT2D eigenvalue weighted by Crippen LogP contribution is -2.41. The molecule has 9 heteroatoms. The van der Waals surface area contributed by atoms with Crippen molar-refractivity contribution >= 4 is 43.2 Å². The quantitative estimate of drug-likeness (QED) is 0.597. The van der Waals surface area contributed by atoms with Gasteiger partial charge in [0.25, 0.3) is 5.19 Å². The van der Waals surface area contributed by atoms with Crippen LogP contribution in [-0.4, -0.2) is 44.0 Å². The van der Waals surface area contributed by atoms with E-state index in [1.54, 1.807) is 25.3 Å². The number of hydrogen-bond acceptors (Lipinski definition) is 6.